The number of likely N-dealkylation sites (N-methyl/N-ethyl adjacent to an activating group) is 1. The fourth-order valence-corrected chi connectivity index (χ4v) is 3.79. The Bertz CT molecular complexity index is 983. The molecule has 0 unspecified atom stereocenters. The van der Waals surface area contributed by atoms with E-state index in [1.165, 1.54) is 16.7 Å². The molecule has 1 N–H and O–H groups in total. The Hall–Kier alpha value is -2.58. The Morgan fingerprint density at radius 1 is 1.23 bits per heavy atom. The van der Waals surface area contributed by atoms with Gasteiger partial charge in [-0.2, -0.15) is 0 Å². The Kier molecular flexibility index (Phi) is 6.38. The molecule has 7 nitrogen and oxygen atoms in total. The Morgan fingerprint density at radius 2 is 1.90 bits per heavy atom. The Morgan fingerprint density at radius 3 is 2.53 bits per heavy atom. The zero-order valence-electron chi connectivity index (χ0n) is 18.0. The molecule has 1 aromatic carbocycles. The van der Waals surface area contributed by atoms with Crippen LogP contribution < -0.4 is 5.56 Å². The maximum Gasteiger partial charge on any atom is 0.296 e. The second-order valence-electron chi connectivity index (χ2n) is 8.49. The van der Waals surface area contributed by atoms with Gasteiger partial charge < -0.3 is 10.0 Å². The molecule has 0 fully saturated rings. The van der Waals surface area contributed by atoms with E-state index in [2.05, 4.69) is 14.8 Å². The first-order chi connectivity index (χ1) is 14.1. The molecule has 1 aliphatic heterocycles. The highest BCUT2D eigenvalue weighted by atomic mass is 19.1. The van der Waals surface area contributed by atoms with Gasteiger partial charge in [-0.3, -0.25) is 19.1 Å². The molecule has 0 aliphatic carbocycles. The normalized spacial score (nSPS) is 15.9. The first-order valence-electron chi connectivity index (χ1n) is 10.1. The number of nitrogens with zero attached hydrogens (tertiary/aromatic N) is 4. The second kappa shape index (κ2) is 8.65. The van der Waals surface area contributed by atoms with Crippen LogP contribution >= 0.6 is 0 Å². The minimum absolute atomic E-state index is 0.0693. The molecule has 8 heteroatoms. The van der Waals surface area contributed by atoms with Crippen LogP contribution in [0, 0.1) is 5.82 Å². The van der Waals surface area contributed by atoms with Gasteiger partial charge in [0.2, 0.25) is 5.75 Å². The standard InChI is InChI=1S/C22H29FN4O3/c1-22(2)21-24-18(17(28)10-7-15-5-8-16(23)9-6-15)19(29)20(30)27(21)14-13-26(22)12-11-25(3)4/h5-6,8-9,29H,7,10-14H2,1-4H3. The first kappa shape index (κ1) is 22.1. The van der Waals surface area contributed by atoms with E-state index in [0.717, 1.165) is 18.7 Å². The average molecular weight is 416 g/mol. The molecule has 1 aliphatic rings. The van der Waals surface area contributed by atoms with Crippen LogP contribution in [0.2, 0.25) is 0 Å². The van der Waals surface area contributed by atoms with Gasteiger partial charge in [0, 0.05) is 32.6 Å². The Balaban J connectivity index is 1.87. The lowest BCUT2D eigenvalue weighted by Crippen LogP contribution is -2.54. The predicted molar refractivity (Wildman–Crippen MR) is 112 cm³/mol. The van der Waals surface area contributed by atoms with Crippen molar-refractivity contribution in [3.8, 4) is 5.75 Å². The van der Waals surface area contributed by atoms with Crippen molar-refractivity contribution in [3.05, 3.63) is 57.5 Å². The summed E-state index contributed by atoms with van der Waals surface area (Å²) in [6.45, 7) is 6.68. The molecule has 0 saturated carbocycles. The number of aromatic nitrogens is 2. The third-order valence-electron chi connectivity index (χ3n) is 5.71. The third-order valence-corrected chi connectivity index (χ3v) is 5.71. The summed E-state index contributed by atoms with van der Waals surface area (Å²) in [5.74, 6) is -0.854. The number of aromatic hydroxyl groups is 1. The number of halogens is 1. The summed E-state index contributed by atoms with van der Waals surface area (Å²) in [5, 5.41) is 10.4. The lowest BCUT2D eigenvalue weighted by atomic mass is 9.97. The zero-order chi connectivity index (χ0) is 22.1. The van der Waals surface area contributed by atoms with E-state index in [0.29, 0.717) is 25.3 Å². The fraction of sp³-hybridized carbons (Fsp3) is 0.500. The van der Waals surface area contributed by atoms with Crippen molar-refractivity contribution >= 4 is 5.78 Å². The third kappa shape index (κ3) is 4.44. The van der Waals surface area contributed by atoms with E-state index < -0.39 is 22.6 Å². The highest BCUT2D eigenvalue weighted by Crippen LogP contribution is 2.30. The molecule has 162 valence electrons. The first-order valence-corrected chi connectivity index (χ1v) is 10.1. The van der Waals surface area contributed by atoms with Crippen LogP contribution in [0.15, 0.2) is 29.1 Å². The van der Waals surface area contributed by atoms with Crippen molar-refractivity contribution in [1.82, 2.24) is 19.4 Å². The van der Waals surface area contributed by atoms with Crippen molar-refractivity contribution in [2.45, 2.75) is 38.8 Å². The molecule has 2 heterocycles. The van der Waals surface area contributed by atoms with Crippen molar-refractivity contribution in [3.63, 3.8) is 0 Å². The van der Waals surface area contributed by atoms with Gasteiger partial charge in [0.25, 0.3) is 5.56 Å². The molecule has 0 amide bonds. The largest absolute Gasteiger partial charge is 0.501 e. The number of fused-ring (bicyclic) bond motifs is 1. The summed E-state index contributed by atoms with van der Waals surface area (Å²) in [5.41, 5.74) is -0.525. The van der Waals surface area contributed by atoms with Crippen molar-refractivity contribution in [2.75, 3.05) is 33.7 Å². The minimum Gasteiger partial charge on any atom is -0.501 e. The molecular formula is C22H29FN4O3. The van der Waals surface area contributed by atoms with Crippen molar-refractivity contribution < 1.29 is 14.3 Å². The molecular weight excluding hydrogens is 387 g/mol. The number of ketones is 1. The summed E-state index contributed by atoms with van der Waals surface area (Å²) in [6, 6.07) is 5.91. The summed E-state index contributed by atoms with van der Waals surface area (Å²) < 4.78 is 14.5. The number of rotatable bonds is 7. The van der Waals surface area contributed by atoms with Crippen LogP contribution in [0.4, 0.5) is 4.39 Å². The van der Waals surface area contributed by atoms with Crippen LogP contribution in [-0.2, 0) is 18.5 Å². The van der Waals surface area contributed by atoms with E-state index in [-0.39, 0.29) is 17.9 Å². The smallest absolute Gasteiger partial charge is 0.296 e. The molecule has 2 aromatic rings. The van der Waals surface area contributed by atoms with Gasteiger partial charge in [-0.25, -0.2) is 9.37 Å². The van der Waals surface area contributed by atoms with Crippen molar-refractivity contribution in [2.24, 2.45) is 0 Å². The molecule has 0 saturated heterocycles. The van der Waals surface area contributed by atoms with E-state index in [1.54, 1.807) is 12.1 Å². The number of hydrogen-bond acceptors (Lipinski definition) is 6. The highest BCUT2D eigenvalue weighted by molar-refractivity contribution is 5.96. The minimum atomic E-state index is -0.597. The number of Topliss-reactive ketones (excluding diaryl/α,β-unsaturated/α-hetero) is 1. The van der Waals surface area contributed by atoms with E-state index in [1.807, 2.05) is 27.9 Å². The zero-order valence-corrected chi connectivity index (χ0v) is 18.0. The van der Waals surface area contributed by atoms with Crippen molar-refractivity contribution in [1.29, 1.82) is 0 Å². The maximum atomic E-state index is 13.1. The molecule has 1 aromatic heterocycles. The van der Waals surface area contributed by atoms with Crippen LogP contribution in [0.1, 0.15) is 42.1 Å². The van der Waals surface area contributed by atoms with E-state index in [9.17, 15) is 19.1 Å². The van der Waals surface area contributed by atoms with Gasteiger partial charge in [-0.1, -0.05) is 12.1 Å². The predicted octanol–water partition coefficient (Wildman–Crippen LogP) is 2.02. The van der Waals surface area contributed by atoms with Gasteiger partial charge in [0.05, 0.1) is 5.54 Å². The summed E-state index contributed by atoms with van der Waals surface area (Å²) >= 11 is 0. The number of aryl methyl sites for hydroxylation is 1. The SMILES string of the molecule is CN(C)CCN1CCn2c(nc(C(=O)CCc3ccc(F)cc3)c(O)c2=O)C1(C)C. The van der Waals surface area contributed by atoms with E-state index >= 15 is 0 Å². The number of carbonyl (C=O) groups is 1. The fourth-order valence-electron chi connectivity index (χ4n) is 3.79. The second-order valence-corrected chi connectivity index (χ2v) is 8.49. The Labute approximate surface area is 175 Å². The highest BCUT2D eigenvalue weighted by Gasteiger charge is 2.38. The molecule has 0 atom stereocenters. The molecule has 30 heavy (non-hydrogen) atoms. The lowest BCUT2D eigenvalue weighted by molar-refractivity contribution is 0.0663. The molecule has 0 radical (unpaired) electrons. The van der Waals surface area contributed by atoms with Gasteiger partial charge in [0.15, 0.2) is 11.5 Å². The van der Waals surface area contributed by atoms with Gasteiger partial charge in [0.1, 0.15) is 11.6 Å². The van der Waals surface area contributed by atoms with E-state index in [4.69, 9.17) is 0 Å². The summed E-state index contributed by atoms with van der Waals surface area (Å²) in [4.78, 5) is 34.4. The number of benzene rings is 1. The van der Waals surface area contributed by atoms with Gasteiger partial charge in [-0.05, 0) is 52.1 Å². The maximum absolute atomic E-state index is 13.1. The summed E-state index contributed by atoms with van der Waals surface area (Å²) in [6.07, 6.45) is 0.441. The molecule has 3 rings (SSSR count). The molecule has 0 spiro atoms. The summed E-state index contributed by atoms with van der Waals surface area (Å²) in [7, 11) is 4.01. The van der Waals surface area contributed by atoms with Crippen LogP contribution in [0.5, 0.6) is 5.75 Å². The molecule has 0 bridgehead atoms. The van der Waals surface area contributed by atoms with Crippen LogP contribution in [-0.4, -0.2) is 64.0 Å². The quantitative estimate of drug-likeness (QED) is 0.696. The average Bonchev–Trinajstić information content (AvgIpc) is 2.69. The topological polar surface area (TPSA) is 78.7 Å². The number of hydrogen-bond donors (Lipinski definition) is 1. The number of carbonyl (C=O) groups excluding carboxylic acids is 1. The van der Waals surface area contributed by atoms with Crippen LogP contribution in [0.25, 0.3) is 0 Å². The lowest BCUT2D eigenvalue weighted by Gasteiger charge is -2.43. The van der Waals surface area contributed by atoms with Gasteiger partial charge in [-0.15, -0.1) is 0 Å². The van der Waals surface area contributed by atoms with Crippen LogP contribution in [0.3, 0.4) is 0 Å². The van der Waals surface area contributed by atoms with Gasteiger partial charge >= 0.3 is 0 Å². The monoisotopic (exact) mass is 416 g/mol.